The summed E-state index contributed by atoms with van der Waals surface area (Å²) in [5.74, 6) is -0.400. The van der Waals surface area contributed by atoms with E-state index in [1.165, 1.54) is 31.7 Å². The average Bonchev–Trinajstić information content (AvgIpc) is 2.89. The lowest BCUT2D eigenvalue weighted by atomic mass is 9.74. The smallest absolute Gasteiger partial charge is 0.358 e. The lowest BCUT2D eigenvalue weighted by Gasteiger charge is -2.40. The fraction of sp³-hybridized carbons (Fsp3) is 0.714. The first kappa shape index (κ1) is 14.1. The second-order valence-electron chi connectivity index (χ2n) is 5.47. The molecule has 1 N–H and O–H groups in total. The molecule has 5 nitrogen and oxygen atoms in total. The molecular formula is C14H22N2O3. The molecule has 0 amide bonds. The Kier molecular flexibility index (Phi) is 4.24. The van der Waals surface area contributed by atoms with Gasteiger partial charge in [0.15, 0.2) is 11.5 Å². The van der Waals surface area contributed by atoms with E-state index in [1.807, 2.05) is 0 Å². The van der Waals surface area contributed by atoms with Crippen LogP contribution in [0.15, 0.2) is 10.6 Å². The minimum Gasteiger partial charge on any atom is -0.476 e. The van der Waals surface area contributed by atoms with Crippen LogP contribution in [0.4, 0.5) is 0 Å². The standard InChI is InChI=1S/C14H22N2O3/c1-3-14(4-2)5-7-16(8-6-14)10-11-9-12(13(17)18)15-19-11/h9H,3-8,10H2,1-2H3,(H,17,18). The van der Waals surface area contributed by atoms with Gasteiger partial charge in [0.25, 0.3) is 0 Å². The van der Waals surface area contributed by atoms with Crippen molar-refractivity contribution in [3.63, 3.8) is 0 Å². The van der Waals surface area contributed by atoms with E-state index in [0.29, 0.717) is 17.7 Å². The average molecular weight is 266 g/mol. The second kappa shape index (κ2) is 5.74. The van der Waals surface area contributed by atoms with E-state index in [-0.39, 0.29) is 5.69 Å². The molecule has 106 valence electrons. The zero-order chi connectivity index (χ0) is 13.9. The third-order valence-electron chi connectivity index (χ3n) is 4.57. The van der Waals surface area contributed by atoms with E-state index >= 15 is 0 Å². The highest BCUT2D eigenvalue weighted by Gasteiger charge is 2.31. The Morgan fingerprint density at radius 3 is 2.53 bits per heavy atom. The SMILES string of the molecule is CCC1(CC)CCN(Cc2cc(C(=O)O)no2)CC1. The van der Waals surface area contributed by atoms with E-state index in [0.717, 1.165) is 13.1 Å². The molecule has 1 aliphatic heterocycles. The van der Waals surface area contributed by atoms with Crippen LogP contribution in [0.25, 0.3) is 0 Å². The Morgan fingerprint density at radius 1 is 1.42 bits per heavy atom. The van der Waals surface area contributed by atoms with Gasteiger partial charge >= 0.3 is 5.97 Å². The van der Waals surface area contributed by atoms with Crippen LogP contribution in [0.2, 0.25) is 0 Å². The number of piperidine rings is 1. The number of aromatic carboxylic acids is 1. The predicted molar refractivity (Wildman–Crippen MR) is 71.0 cm³/mol. The summed E-state index contributed by atoms with van der Waals surface area (Å²) < 4.78 is 5.06. The van der Waals surface area contributed by atoms with Crippen LogP contribution >= 0.6 is 0 Å². The third-order valence-corrected chi connectivity index (χ3v) is 4.57. The van der Waals surface area contributed by atoms with Gasteiger partial charge in [-0.15, -0.1) is 0 Å². The van der Waals surface area contributed by atoms with E-state index < -0.39 is 5.97 Å². The molecule has 0 aromatic carbocycles. The maximum atomic E-state index is 10.7. The van der Waals surface area contributed by atoms with Gasteiger partial charge in [0.2, 0.25) is 0 Å². The molecule has 0 radical (unpaired) electrons. The summed E-state index contributed by atoms with van der Waals surface area (Å²) in [4.78, 5) is 13.0. The number of likely N-dealkylation sites (tertiary alicyclic amines) is 1. The van der Waals surface area contributed by atoms with Crippen molar-refractivity contribution in [3.05, 3.63) is 17.5 Å². The maximum absolute atomic E-state index is 10.7. The van der Waals surface area contributed by atoms with Crippen molar-refractivity contribution in [2.75, 3.05) is 13.1 Å². The summed E-state index contributed by atoms with van der Waals surface area (Å²) >= 11 is 0. The molecule has 1 saturated heterocycles. The normalized spacial score (nSPS) is 19.5. The maximum Gasteiger partial charge on any atom is 0.358 e. The molecule has 0 saturated carbocycles. The van der Waals surface area contributed by atoms with Gasteiger partial charge in [0.1, 0.15) is 0 Å². The van der Waals surface area contributed by atoms with Gasteiger partial charge in [0.05, 0.1) is 6.54 Å². The van der Waals surface area contributed by atoms with Crippen molar-refractivity contribution in [3.8, 4) is 0 Å². The largest absolute Gasteiger partial charge is 0.476 e. The van der Waals surface area contributed by atoms with Crippen LogP contribution in [-0.4, -0.2) is 34.2 Å². The van der Waals surface area contributed by atoms with Crippen molar-refractivity contribution in [1.29, 1.82) is 0 Å². The number of aromatic nitrogens is 1. The number of nitrogens with zero attached hydrogens (tertiary/aromatic N) is 2. The molecule has 0 spiro atoms. The van der Waals surface area contributed by atoms with Gasteiger partial charge in [-0.05, 0) is 31.3 Å². The van der Waals surface area contributed by atoms with Gasteiger partial charge in [-0.3, -0.25) is 4.90 Å². The van der Waals surface area contributed by atoms with Gasteiger partial charge in [-0.25, -0.2) is 4.79 Å². The first-order valence-electron chi connectivity index (χ1n) is 7.00. The summed E-state index contributed by atoms with van der Waals surface area (Å²) in [5.41, 5.74) is 0.493. The van der Waals surface area contributed by atoms with E-state index in [1.54, 1.807) is 0 Å². The molecule has 0 unspecified atom stereocenters. The fourth-order valence-electron chi connectivity index (χ4n) is 2.85. The van der Waals surface area contributed by atoms with Crippen LogP contribution in [0.1, 0.15) is 55.8 Å². The van der Waals surface area contributed by atoms with E-state index in [4.69, 9.17) is 9.63 Å². The molecule has 19 heavy (non-hydrogen) atoms. The quantitative estimate of drug-likeness (QED) is 0.887. The summed E-state index contributed by atoms with van der Waals surface area (Å²) in [7, 11) is 0. The molecule has 1 aliphatic rings. The summed E-state index contributed by atoms with van der Waals surface area (Å²) in [6, 6.07) is 1.52. The summed E-state index contributed by atoms with van der Waals surface area (Å²) in [6.07, 6.45) is 4.89. The third kappa shape index (κ3) is 3.15. The van der Waals surface area contributed by atoms with Crippen LogP contribution < -0.4 is 0 Å². The van der Waals surface area contributed by atoms with Crippen LogP contribution in [-0.2, 0) is 6.54 Å². The van der Waals surface area contributed by atoms with Gasteiger partial charge in [0, 0.05) is 6.07 Å². The zero-order valence-corrected chi connectivity index (χ0v) is 11.7. The van der Waals surface area contributed by atoms with Crippen molar-refractivity contribution in [1.82, 2.24) is 10.1 Å². The van der Waals surface area contributed by atoms with Crippen LogP contribution in [0, 0.1) is 5.41 Å². The molecule has 0 aliphatic carbocycles. The Bertz CT molecular complexity index is 428. The number of hydrogen-bond donors (Lipinski definition) is 1. The summed E-state index contributed by atoms with van der Waals surface area (Å²) in [6.45, 7) is 7.29. The molecule has 0 atom stereocenters. The molecule has 0 bridgehead atoms. The first-order valence-corrected chi connectivity index (χ1v) is 7.00. The topological polar surface area (TPSA) is 66.6 Å². The van der Waals surface area contributed by atoms with Crippen LogP contribution in [0.5, 0.6) is 0 Å². The van der Waals surface area contributed by atoms with Crippen molar-refractivity contribution in [2.45, 2.75) is 46.1 Å². The number of rotatable bonds is 5. The lowest BCUT2D eigenvalue weighted by Crippen LogP contribution is -2.39. The Morgan fingerprint density at radius 2 is 2.05 bits per heavy atom. The minimum absolute atomic E-state index is 0.0107. The molecule has 5 heteroatoms. The molecule has 1 fully saturated rings. The highest BCUT2D eigenvalue weighted by atomic mass is 16.5. The number of carboxylic acids is 1. The monoisotopic (exact) mass is 266 g/mol. The Balaban J connectivity index is 1.90. The van der Waals surface area contributed by atoms with Crippen molar-refractivity contribution >= 4 is 5.97 Å². The highest BCUT2D eigenvalue weighted by Crippen LogP contribution is 2.38. The van der Waals surface area contributed by atoms with Gasteiger partial charge < -0.3 is 9.63 Å². The first-order chi connectivity index (χ1) is 9.08. The van der Waals surface area contributed by atoms with Gasteiger partial charge in [-0.1, -0.05) is 31.8 Å². The predicted octanol–water partition coefficient (Wildman–Crippen LogP) is 2.78. The highest BCUT2D eigenvalue weighted by molar-refractivity contribution is 5.85. The molecular weight excluding hydrogens is 244 g/mol. The summed E-state index contributed by atoms with van der Waals surface area (Å²) in [5, 5.41) is 12.3. The molecule has 2 rings (SSSR count). The zero-order valence-electron chi connectivity index (χ0n) is 11.7. The number of hydrogen-bond acceptors (Lipinski definition) is 4. The molecule has 1 aromatic rings. The minimum atomic E-state index is -1.04. The fourth-order valence-corrected chi connectivity index (χ4v) is 2.85. The Labute approximate surface area is 113 Å². The van der Waals surface area contributed by atoms with E-state index in [9.17, 15) is 4.79 Å². The Hall–Kier alpha value is -1.36. The number of carboxylic acid groups (broad SMARTS) is 1. The van der Waals surface area contributed by atoms with E-state index in [2.05, 4.69) is 23.9 Å². The van der Waals surface area contributed by atoms with Crippen molar-refractivity contribution in [2.24, 2.45) is 5.41 Å². The lowest BCUT2D eigenvalue weighted by molar-refractivity contribution is 0.0684. The van der Waals surface area contributed by atoms with Crippen molar-refractivity contribution < 1.29 is 14.4 Å². The second-order valence-corrected chi connectivity index (χ2v) is 5.47. The molecule has 1 aromatic heterocycles. The number of carbonyl (C=O) groups is 1. The van der Waals surface area contributed by atoms with Crippen LogP contribution in [0.3, 0.4) is 0 Å². The van der Waals surface area contributed by atoms with Gasteiger partial charge in [-0.2, -0.15) is 0 Å². The molecule has 2 heterocycles.